The molecule has 0 aliphatic heterocycles. The van der Waals surface area contributed by atoms with Crippen molar-refractivity contribution < 1.29 is 22.3 Å². The third-order valence-corrected chi connectivity index (χ3v) is 3.60. The van der Waals surface area contributed by atoms with Gasteiger partial charge in [-0.25, -0.2) is 17.5 Å². The van der Waals surface area contributed by atoms with Crippen LogP contribution in [0.3, 0.4) is 0 Å². The molecule has 0 atom stereocenters. The summed E-state index contributed by atoms with van der Waals surface area (Å²) in [6.45, 7) is -0.438. The van der Waals surface area contributed by atoms with E-state index in [1.165, 1.54) is 12.1 Å². The van der Waals surface area contributed by atoms with Gasteiger partial charge >= 0.3 is 0 Å². The molecule has 1 aromatic rings. The number of ether oxygens (including phenoxy) is 1. The second-order valence-electron chi connectivity index (χ2n) is 3.57. The van der Waals surface area contributed by atoms with E-state index in [1.807, 2.05) is 0 Å². The second-order valence-corrected chi connectivity index (χ2v) is 5.30. The highest BCUT2D eigenvalue weighted by Crippen LogP contribution is 2.20. The Hall–Kier alpha value is -1.71. The Bertz CT molecular complexity index is 562. The Morgan fingerprint density at radius 2 is 2.11 bits per heavy atom. The van der Waals surface area contributed by atoms with E-state index in [-0.39, 0.29) is 24.7 Å². The monoisotopic (exact) mass is 291 g/mol. The first-order valence-electron chi connectivity index (χ1n) is 5.24. The van der Waals surface area contributed by atoms with Gasteiger partial charge in [0.2, 0.25) is 15.9 Å². The normalized spacial score (nSPS) is 11.4. The van der Waals surface area contributed by atoms with Crippen LogP contribution in [0.5, 0.6) is 0 Å². The van der Waals surface area contributed by atoms with Crippen molar-refractivity contribution in [1.29, 1.82) is 0 Å². The molecule has 0 unspecified atom stereocenters. The standard InChI is InChI=1S/C10H14FN3O4S/c11-7-2-1-3-8(10(7)13)19(16,17)14-4-5-18-6-9(12)15/h1-3,14H,4-6,13H2,(H2,12,15). The average Bonchev–Trinajstić information content (AvgIpc) is 2.31. The van der Waals surface area contributed by atoms with E-state index in [1.54, 1.807) is 0 Å². The number of rotatable bonds is 7. The van der Waals surface area contributed by atoms with Gasteiger partial charge in [-0.15, -0.1) is 0 Å². The van der Waals surface area contributed by atoms with Gasteiger partial charge in [0.05, 0.1) is 12.3 Å². The molecule has 106 valence electrons. The number of sulfonamides is 1. The van der Waals surface area contributed by atoms with Gasteiger partial charge in [0, 0.05) is 6.54 Å². The molecule has 0 aromatic heterocycles. The highest BCUT2D eigenvalue weighted by molar-refractivity contribution is 7.89. The number of anilines is 1. The number of hydrogen-bond donors (Lipinski definition) is 3. The minimum absolute atomic E-state index is 0.0443. The number of carbonyl (C=O) groups excluding carboxylic acids is 1. The van der Waals surface area contributed by atoms with Crippen LogP contribution >= 0.6 is 0 Å². The number of benzene rings is 1. The number of hydrogen-bond acceptors (Lipinski definition) is 5. The van der Waals surface area contributed by atoms with E-state index in [9.17, 15) is 17.6 Å². The lowest BCUT2D eigenvalue weighted by Crippen LogP contribution is -2.29. The van der Waals surface area contributed by atoms with E-state index >= 15 is 0 Å². The minimum atomic E-state index is -3.93. The summed E-state index contributed by atoms with van der Waals surface area (Å²) in [6, 6.07) is 3.49. The molecule has 19 heavy (non-hydrogen) atoms. The lowest BCUT2D eigenvalue weighted by atomic mass is 10.3. The summed E-state index contributed by atoms with van der Waals surface area (Å²) in [5.41, 5.74) is 9.73. The van der Waals surface area contributed by atoms with Gasteiger partial charge in [-0.1, -0.05) is 6.07 Å². The molecule has 1 rings (SSSR count). The Labute approximate surface area is 109 Å². The Balaban J connectivity index is 2.61. The maximum atomic E-state index is 13.1. The third-order valence-electron chi connectivity index (χ3n) is 2.09. The molecule has 0 saturated carbocycles. The van der Waals surface area contributed by atoms with Crippen LogP contribution in [0.4, 0.5) is 10.1 Å². The summed E-state index contributed by atoms with van der Waals surface area (Å²) in [5, 5.41) is 0. The van der Waals surface area contributed by atoms with Crippen molar-refractivity contribution in [3.63, 3.8) is 0 Å². The molecule has 0 fully saturated rings. The number of nitrogen functional groups attached to an aromatic ring is 1. The van der Waals surface area contributed by atoms with Crippen LogP contribution in [0.2, 0.25) is 0 Å². The van der Waals surface area contributed by atoms with E-state index in [2.05, 4.69) is 4.72 Å². The van der Waals surface area contributed by atoms with E-state index in [4.69, 9.17) is 16.2 Å². The maximum Gasteiger partial charge on any atom is 0.243 e. The highest BCUT2D eigenvalue weighted by Gasteiger charge is 2.18. The molecule has 0 spiro atoms. The molecule has 0 bridgehead atoms. The Morgan fingerprint density at radius 3 is 2.74 bits per heavy atom. The molecule has 9 heteroatoms. The zero-order valence-electron chi connectivity index (χ0n) is 9.93. The number of nitrogens with two attached hydrogens (primary N) is 2. The molecule has 1 aromatic carbocycles. The fraction of sp³-hybridized carbons (Fsp3) is 0.300. The van der Waals surface area contributed by atoms with Crippen LogP contribution in [-0.2, 0) is 19.6 Å². The first-order valence-corrected chi connectivity index (χ1v) is 6.72. The lowest BCUT2D eigenvalue weighted by Gasteiger charge is -2.09. The van der Waals surface area contributed by atoms with Gasteiger partial charge in [-0.05, 0) is 12.1 Å². The molecule has 0 heterocycles. The summed E-state index contributed by atoms with van der Waals surface area (Å²) in [5.74, 6) is -1.47. The zero-order chi connectivity index (χ0) is 14.5. The molecule has 0 aliphatic rings. The highest BCUT2D eigenvalue weighted by atomic mass is 32.2. The topological polar surface area (TPSA) is 125 Å². The molecule has 1 amide bonds. The SMILES string of the molecule is NC(=O)COCCNS(=O)(=O)c1cccc(F)c1N. The van der Waals surface area contributed by atoms with Crippen LogP contribution in [0.25, 0.3) is 0 Å². The summed E-state index contributed by atoms with van der Waals surface area (Å²) in [7, 11) is -3.93. The van der Waals surface area contributed by atoms with Gasteiger partial charge in [-0.2, -0.15) is 0 Å². The molecular weight excluding hydrogens is 277 g/mol. The second kappa shape index (κ2) is 6.45. The van der Waals surface area contributed by atoms with Gasteiger partial charge in [-0.3, -0.25) is 4.79 Å². The molecular formula is C10H14FN3O4S. The number of nitrogens with one attached hydrogen (secondary N) is 1. The van der Waals surface area contributed by atoms with Crippen molar-refractivity contribution >= 4 is 21.6 Å². The van der Waals surface area contributed by atoms with Crippen molar-refractivity contribution in [3.8, 4) is 0 Å². The predicted molar refractivity (Wildman–Crippen MR) is 66.0 cm³/mol. The van der Waals surface area contributed by atoms with Gasteiger partial charge < -0.3 is 16.2 Å². The molecule has 0 saturated heterocycles. The number of halogens is 1. The maximum absolute atomic E-state index is 13.1. The van der Waals surface area contributed by atoms with Crippen molar-refractivity contribution in [2.24, 2.45) is 5.73 Å². The van der Waals surface area contributed by atoms with E-state index < -0.39 is 27.4 Å². The summed E-state index contributed by atoms with van der Waals surface area (Å²) >= 11 is 0. The van der Waals surface area contributed by atoms with Gasteiger partial charge in [0.1, 0.15) is 17.3 Å². The fourth-order valence-corrected chi connectivity index (χ4v) is 2.40. The number of carbonyl (C=O) groups is 1. The van der Waals surface area contributed by atoms with Gasteiger partial charge in [0.15, 0.2) is 0 Å². The summed E-state index contributed by atoms with van der Waals surface area (Å²) in [6.07, 6.45) is 0. The quantitative estimate of drug-likeness (QED) is 0.447. The third kappa shape index (κ3) is 4.47. The van der Waals surface area contributed by atoms with E-state index in [0.29, 0.717) is 0 Å². The van der Waals surface area contributed by atoms with Crippen molar-refractivity contribution in [1.82, 2.24) is 4.72 Å². The van der Waals surface area contributed by atoms with Crippen LogP contribution in [0.1, 0.15) is 0 Å². The van der Waals surface area contributed by atoms with Crippen LogP contribution < -0.4 is 16.2 Å². The lowest BCUT2D eigenvalue weighted by molar-refractivity contribution is -0.122. The van der Waals surface area contributed by atoms with Crippen LogP contribution in [0.15, 0.2) is 23.1 Å². The molecule has 7 nitrogen and oxygen atoms in total. The Morgan fingerprint density at radius 1 is 1.42 bits per heavy atom. The van der Waals surface area contributed by atoms with E-state index in [0.717, 1.165) is 6.07 Å². The predicted octanol–water partition coefficient (Wildman–Crippen LogP) is -0.812. The first-order chi connectivity index (χ1) is 8.84. The van der Waals surface area contributed by atoms with Crippen LogP contribution in [-0.4, -0.2) is 34.1 Å². The fourth-order valence-electron chi connectivity index (χ4n) is 1.25. The Kier molecular flexibility index (Phi) is 5.21. The summed E-state index contributed by atoms with van der Waals surface area (Å²) < 4.78 is 43.7. The molecule has 0 aliphatic carbocycles. The first kappa shape index (κ1) is 15.3. The minimum Gasteiger partial charge on any atom is -0.395 e. The van der Waals surface area contributed by atoms with Crippen molar-refractivity contribution in [3.05, 3.63) is 24.0 Å². The molecule has 0 radical (unpaired) electrons. The largest absolute Gasteiger partial charge is 0.395 e. The number of para-hydroxylation sites is 1. The smallest absolute Gasteiger partial charge is 0.243 e. The number of amides is 1. The van der Waals surface area contributed by atoms with Crippen molar-refractivity contribution in [2.75, 3.05) is 25.5 Å². The average molecular weight is 291 g/mol. The summed E-state index contributed by atoms with van der Waals surface area (Å²) in [4.78, 5) is 10.0. The van der Waals surface area contributed by atoms with Crippen LogP contribution in [0, 0.1) is 5.82 Å². The van der Waals surface area contributed by atoms with Gasteiger partial charge in [0.25, 0.3) is 0 Å². The number of primary amides is 1. The molecule has 5 N–H and O–H groups in total. The zero-order valence-corrected chi connectivity index (χ0v) is 10.7. The van der Waals surface area contributed by atoms with Crippen molar-refractivity contribution in [2.45, 2.75) is 4.90 Å².